The number of imidazole rings is 1. The average Bonchev–Trinajstić information content (AvgIpc) is 3.15. The van der Waals surface area contributed by atoms with Gasteiger partial charge in [-0.05, 0) is 35.4 Å². The molecule has 29 heavy (non-hydrogen) atoms. The SMILES string of the molecule is O=C(CC(c1ccccc1)c1cnc2ccc(Cl)cn12)NCc1ccc(F)cc1. The number of nitrogens with zero attached hydrogens (tertiary/aromatic N) is 2. The third kappa shape index (κ3) is 4.46. The van der Waals surface area contributed by atoms with E-state index in [4.69, 9.17) is 11.6 Å². The van der Waals surface area contributed by atoms with Crippen molar-refractivity contribution in [1.29, 1.82) is 0 Å². The van der Waals surface area contributed by atoms with Gasteiger partial charge in [0.1, 0.15) is 11.5 Å². The normalized spacial score (nSPS) is 12.1. The number of carbonyl (C=O) groups excluding carboxylic acids is 1. The van der Waals surface area contributed by atoms with Gasteiger partial charge in [-0.1, -0.05) is 54.1 Å². The molecule has 0 aliphatic heterocycles. The Labute approximate surface area is 173 Å². The van der Waals surface area contributed by atoms with Crippen molar-refractivity contribution in [3.8, 4) is 0 Å². The maximum Gasteiger partial charge on any atom is 0.221 e. The molecule has 4 nitrogen and oxygen atoms in total. The summed E-state index contributed by atoms with van der Waals surface area (Å²) in [5.74, 6) is -0.575. The number of halogens is 2. The topological polar surface area (TPSA) is 46.4 Å². The first-order valence-electron chi connectivity index (χ1n) is 9.29. The number of pyridine rings is 1. The zero-order chi connectivity index (χ0) is 20.2. The molecule has 2 heterocycles. The monoisotopic (exact) mass is 407 g/mol. The van der Waals surface area contributed by atoms with E-state index in [2.05, 4.69) is 10.3 Å². The van der Waals surface area contributed by atoms with Crippen molar-refractivity contribution in [2.75, 3.05) is 0 Å². The standard InChI is InChI=1S/C23H19ClFN3O/c24-18-8-11-22-26-14-21(28(22)15-18)20(17-4-2-1-3-5-17)12-23(29)27-13-16-6-9-19(25)10-7-16/h1-11,14-15,20H,12-13H2,(H,27,29). The lowest BCUT2D eigenvalue weighted by Gasteiger charge is -2.17. The Morgan fingerprint density at radius 3 is 2.59 bits per heavy atom. The Balaban J connectivity index is 1.58. The predicted molar refractivity (Wildman–Crippen MR) is 111 cm³/mol. The van der Waals surface area contributed by atoms with Gasteiger partial charge < -0.3 is 9.72 Å². The molecular weight excluding hydrogens is 389 g/mol. The van der Waals surface area contributed by atoms with Crippen LogP contribution in [0.1, 0.15) is 29.2 Å². The Hall–Kier alpha value is -3.18. The summed E-state index contributed by atoms with van der Waals surface area (Å²) in [5, 5.41) is 3.52. The minimum Gasteiger partial charge on any atom is -0.352 e. The van der Waals surface area contributed by atoms with Gasteiger partial charge in [-0.25, -0.2) is 9.37 Å². The molecule has 6 heteroatoms. The van der Waals surface area contributed by atoms with Crippen LogP contribution < -0.4 is 5.32 Å². The van der Waals surface area contributed by atoms with Gasteiger partial charge >= 0.3 is 0 Å². The molecule has 1 amide bonds. The zero-order valence-corrected chi connectivity index (χ0v) is 16.3. The van der Waals surface area contributed by atoms with E-state index in [1.807, 2.05) is 47.0 Å². The maximum absolute atomic E-state index is 13.1. The molecular formula is C23H19ClFN3O. The van der Waals surface area contributed by atoms with Crippen molar-refractivity contribution in [2.24, 2.45) is 0 Å². The molecule has 0 saturated heterocycles. The van der Waals surface area contributed by atoms with E-state index < -0.39 is 0 Å². The van der Waals surface area contributed by atoms with E-state index in [9.17, 15) is 9.18 Å². The molecule has 1 N–H and O–H groups in total. The summed E-state index contributed by atoms with van der Waals surface area (Å²) < 4.78 is 15.0. The van der Waals surface area contributed by atoms with Gasteiger partial charge in [-0.3, -0.25) is 4.79 Å². The molecule has 146 valence electrons. The molecule has 1 atom stereocenters. The Morgan fingerprint density at radius 2 is 1.83 bits per heavy atom. The third-order valence-electron chi connectivity index (χ3n) is 4.85. The van der Waals surface area contributed by atoms with Gasteiger partial charge in [0.2, 0.25) is 5.91 Å². The van der Waals surface area contributed by atoms with Gasteiger partial charge in [-0.2, -0.15) is 0 Å². The number of benzene rings is 2. The summed E-state index contributed by atoms with van der Waals surface area (Å²) >= 11 is 6.18. The summed E-state index contributed by atoms with van der Waals surface area (Å²) in [6.07, 6.45) is 3.85. The van der Waals surface area contributed by atoms with Crippen molar-refractivity contribution < 1.29 is 9.18 Å². The first-order chi connectivity index (χ1) is 14.1. The van der Waals surface area contributed by atoms with Crippen LogP contribution in [0.5, 0.6) is 0 Å². The highest BCUT2D eigenvalue weighted by Gasteiger charge is 2.22. The number of hydrogen-bond acceptors (Lipinski definition) is 2. The van der Waals surface area contributed by atoms with Crippen LogP contribution in [0.4, 0.5) is 4.39 Å². The van der Waals surface area contributed by atoms with Crippen LogP contribution in [-0.4, -0.2) is 15.3 Å². The molecule has 1 unspecified atom stereocenters. The summed E-state index contributed by atoms with van der Waals surface area (Å²) in [4.78, 5) is 17.2. The minimum absolute atomic E-state index is 0.0971. The number of fused-ring (bicyclic) bond motifs is 1. The Morgan fingerprint density at radius 1 is 1.07 bits per heavy atom. The highest BCUT2D eigenvalue weighted by Crippen LogP contribution is 2.29. The Bertz CT molecular complexity index is 1130. The number of aromatic nitrogens is 2. The van der Waals surface area contributed by atoms with Crippen molar-refractivity contribution >= 4 is 23.2 Å². The lowest BCUT2D eigenvalue weighted by atomic mass is 9.92. The highest BCUT2D eigenvalue weighted by molar-refractivity contribution is 6.30. The van der Waals surface area contributed by atoms with Gasteiger partial charge in [0, 0.05) is 31.3 Å². The third-order valence-corrected chi connectivity index (χ3v) is 5.07. The van der Waals surface area contributed by atoms with Crippen LogP contribution in [0.25, 0.3) is 5.65 Å². The van der Waals surface area contributed by atoms with Crippen molar-refractivity contribution in [3.05, 3.63) is 107 Å². The fourth-order valence-corrected chi connectivity index (χ4v) is 3.53. The second-order valence-electron chi connectivity index (χ2n) is 6.83. The molecule has 0 radical (unpaired) electrons. The van der Waals surface area contributed by atoms with Gasteiger partial charge in [0.15, 0.2) is 0 Å². The van der Waals surface area contributed by atoms with Crippen LogP contribution in [0.15, 0.2) is 79.1 Å². The smallest absolute Gasteiger partial charge is 0.221 e. The van der Waals surface area contributed by atoms with Crippen LogP contribution in [0.3, 0.4) is 0 Å². The number of amides is 1. The van der Waals surface area contributed by atoms with Gasteiger partial charge in [0.05, 0.1) is 10.7 Å². The lowest BCUT2D eigenvalue weighted by molar-refractivity contribution is -0.121. The fourth-order valence-electron chi connectivity index (χ4n) is 3.37. The first kappa shape index (κ1) is 19.2. The second kappa shape index (κ2) is 8.45. The van der Waals surface area contributed by atoms with E-state index in [1.54, 1.807) is 24.4 Å². The van der Waals surface area contributed by atoms with Gasteiger partial charge in [-0.15, -0.1) is 0 Å². The number of carbonyl (C=O) groups is 1. The van der Waals surface area contributed by atoms with Crippen LogP contribution in [0, 0.1) is 5.82 Å². The lowest BCUT2D eigenvalue weighted by Crippen LogP contribution is -2.25. The highest BCUT2D eigenvalue weighted by atomic mass is 35.5. The maximum atomic E-state index is 13.1. The molecule has 0 fully saturated rings. The summed E-state index contributed by atoms with van der Waals surface area (Å²) in [5.41, 5.74) is 3.53. The molecule has 0 spiro atoms. The molecule has 2 aromatic carbocycles. The Kier molecular flexibility index (Phi) is 5.58. The quantitative estimate of drug-likeness (QED) is 0.490. The predicted octanol–water partition coefficient (Wildman–Crippen LogP) is 4.97. The van der Waals surface area contributed by atoms with E-state index in [-0.39, 0.29) is 24.1 Å². The second-order valence-corrected chi connectivity index (χ2v) is 7.27. The van der Waals surface area contributed by atoms with E-state index >= 15 is 0 Å². The zero-order valence-electron chi connectivity index (χ0n) is 15.6. The molecule has 0 saturated carbocycles. The largest absolute Gasteiger partial charge is 0.352 e. The molecule has 0 aliphatic carbocycles. The van der Waals surface area contributed by atoms with E-state index in [0.29, 0.717) is 11.6 Å². The number of rotatable bonds is 6. The minimum atomic E-state index is -0.296. The van der Waals surface area contributed by atoms with Crippen LogP contribution in [-0.2, 0) is 11.3 Å². The average molecular weight is 408 g/mol. The van der Waals surface area contributed by atoms with Crippen LogP contribution in [0.2, 0.25) is 5.02 Å². The van der Waals surface area contributed by atoms with Gasteiger partial charge in [0.25, 0.3) is 0 Å². The van der Waals surface area contributed by atoms with Crippen molar-refractivity contribution in [3.63, 3.8) is 0 Å². The molecule has 0 bridgehead atoms. The van der Waals surface area contributed by atoms with Crippen molar-refractivity contribution in [2.45, 2.75) is 18.9 Å². The molecule has 4 aromatic rings. The number of nitrogens with one attached hydrogen (secondary N) is 1. The molecule has 4 rings (SSSR count). The number of hydrogen-bond donors (Lipinski definition) is 1. The summed E-state index contributed by atoms with van der Waals surface area (Å²) in [7, 11) is 0. The van der Waals surface area contributed by atoms with Crippen molar-refractivity contribution in [1.82, 2.24) is 14.7 Å². The van der Waals surface area contributed by atoms with Crippen LogP contribution >= 0.6 is 11.6 Å². The first-order valence-corrected chi connectivity index (χ1v) is 9.66. The summed E-state index contributed by atoms with van der Waals surface area (Å²) in [6, 6.07) is 19.6. The van der Waals surface area contributed by atoms with E-state index in [1.165, 1.54) is 12.1 Å². The van der Waals surface area contributed by atoms with E-state index in [0.717, 1.165) is 22.5 Å². The molecule has 0 aliphatic rings. The fraction of sp³-hybridized carbons (Fsp3) is 0.130. The summed E-state index contributed by atoms with van der Waals surface area (Å²) in [6.45, 7) is 0.347. The molecule has 2 aromatic heterocycles.